The minimum Gasteiger partial charge on any atom is -0.504 e. The molecular weight excluding hydrogens is 302 g/mol. The highest BCUT2D eigenvalue weighted by Gasteiger charge is 2.28. The number of hydrogen-bond donors (Lipinski definition) is 2. The van der Waals surface area contributed by atoms with Crippen molar-refractivity contribution < 1.29 is 14.6 Å². The quantitative estimate of drug-likeness (QED) is 0.793. The van der Waals surface area contributed by atoms with Gasteiger partial charge in [-0.05, 0) is 55.2 Å². The van der Waals surface area contributed by atoms with Crippen LogP contribution in [0.3, 0.4) is 0 Å². The number of carbonyl (C=O) groups is 1. The molecule has 4 nitrogen and oxygen atoms in total. The topological polar surface area (TPSA) is 58.6 Å². The summed E-state index contributed by atoms with van der Waals surface area (Å²) < 4.78 is 5.10. The van der Waals surface area contributed by atoms with E-state index >= 15 is 0 Å². The number of rotatable bonds is 7. The van der Waals surface area contributed by atoms with Gasteiger partial charge in [0.2, 0.25) is 5.91 Å². The van der Waals surface area contributed by atoms with Gasteiger partial charge in [-0.15, -0.1) is 0 Å². The summed E-state index contributed by atoms with van der Waals surface area (Å²) in [6.07, 6.45) is 10.1. The Labute approximate surface area is 144 Å². The summed E-state index contributed by atoms with van der Waals surface area (Å²) in [5.74, 6) is 2.77. The van der Waals surface area contributed by atoms with Gasteiger partial charge in [-0.2, -0.15) is 0 Å². The number of hydrogen-bond acceptors (Lipinski definition) is 3. The summed E-state index contributed by atoms with van der Waals surface area (Å²) in [6, 6.07) is 5.18. The number of aromatic hydroxyl groups is 1. The smallest absolute Gasteiger partial charge is 0.223 e. The van der Waals surface area contributed by atoms with E-state index < -0.39 is 0 Å². The van der Waals surface area contributed by atoms with E-state index in [1.807, 2.05) is 6.07 Å². The minimum atomic E-state index is 0.122. The highest BCUT2D eigenvalue weighted by atomic mass is 16.5. The molecule has 0 aliphatic heterocycles. The van der Waals surface area contributed by atoms with Crippen molar-refractivity contribution in [3.05, 3.63) is 23.8 Å². The summed E-state index contributed by atoms with van der Waals surface area (Å²) >= 11 is 0. The monoisotopic (exact) mass is 331 g/mol. The molecule has 4 heteroatoms. The number of amides is 1. The van der Waals surface area contributed by atoms with Gasteiger partial charge in [0.25, 0.3) is 0 Å². The Morgan fingerprint density at radius 1 is 1.12 bits per heavy atom. The van der Waals surface area contributed by atoms with E-state index in [0.29, 0.717) is 12.3 Å². The van der Waals surface area contributed by atoms with Crippen molar-refractivity contribution in [2.24, 2.45) is 17.8 Å². The highest BCUT2D eigenvalue weighted by molar-refractivity contribution is 5.78. The third-order valence-electron chi connectivity index (χ3n) is 5.61. The maximum atomic E-state index is 12.4. The highest BCUT2D eigenvalue weighted by Crippen LogP contribution is 2.38. The van der Waals surface area contributed by atoms with Crippen LogP contribution in [0.2, 0.25) is 0 Å². The van der Waals surface area contributed by atoms with Crippen molar-refractivity contribution >= 4 is 5.91 Å². The van der Waals surface area contributed by atoms with E-state index in [9.17, 15) is 9.90 Å². The Bertz CT molecular complexity index is 560. The van der Waals surface area contributed by atoms with Crippen LogP contribution < -0.4 is 10.1 Å². The summed E-state index contributed by atoms with van der Waals surface area (Å²) in [5.41, 5.74) is 0.941. The van der Waals surface area contributed by atoms with Gasteiger partial charge in [-0.3, -0.25) is 4.79 Å². The molecule has 0 heterocycles. The fourth-order valence-electron chi connectivity index (χ4n) is 3.76. The maximum Gasteiger partial charge on any atom is 0.223 e. The first-order valence-corrected chi connectivity index (χ1v) is 9.29. The zero-order valence-corrected chi connectivity index (χ0v) is 14.6. The zero-order valence-electron chi connectivity index (χ0n) is 14.6. The molecule has 0 spiro atoms. The first-order chi connectivity index (χ1) is 11.7. The van der Waals surface area contributed by atoms with Gasteiger partial charge in [0.1, 0.15) is 0 Å². The van der Waals surface area contributed by atoms with Gasteiger partial charge < -0.3 is 15.2 Å². The SMILES string of the molecule is COc1cc(CNC(=O)C2CCC(CCC3CC3)CC2)ccc1O. The van der Waals surface area contributed by atoms with E-state index in [-0.39, 0.29) is 17.6 Å². The van der Waals surface area contributed by atoms with Crippen LogP contribution in [0.4, 0.5) is 0 Å². The van der Waals surface area contributed by atoms with Gasteiger partial charge in [0, 0.05) is 12.5 Å². The molecule has 3 rings (SSSR count). The van der Waals surface area contributed by atoms with Gasteiger partial charge in [0.05, 0.1) is 7.11 Å². The molecule has 1 aromatic carbocycles. The van der Waals surface area contributed by atoms with E-state index in [1.165, 1.54) is 45.6 Å². The van der Waals surface area contributed by atoms with Crippen molar-refractivity contribution in [2.45, 2.75) is 57.9 Å². The molecule has 1 aromatic rings. The third kappa shape index (κ3) is 4.65. The summed E-state index contributed by atoms with van der Waals surface area (Å²) in [5, 5.41) is 12.6. The Hall–Kier alpha value is -1.71. The van der Waals surface area contributed by atoms with Crippen LogP contribution in [-0.2, 0) is 11.3 Å². The van der Waals surface area contributed by atoms with Crippen LogP contribution in [-0.4, -0.2) is 18.1 Å². The lowest BCUT2D eigenvalue weighted by Gasteiger charge is -2.27. The molecule has 0 radical (unpaired) electrons. The molecule has 0 saturated heterocycles. The van der Waals surface area contributed by atoms with Crippen LogP contribution >= 0.6 is 0 Å². The standard InChI is InChI=1S/C20H29NO3/c1-24-19-12-16(8-11-18(19)22)13-21-20(23)17-9-6-15(7-10-17)5-4-14-2-3-14/h8,11-12,14-15,17,22H,2-7,9-10,13H2,1H3,(H,21,23). The fourth-order valence-corrected chi connectivity index (χ4v) is 3.76. The predicted molar refractivity (Wildman–Crippen MR) is 93.9 cm³/mol. The second kappa shape index (κ2) is 7.91. The van der Waals surface area contributed by atoms with Crippen molar-refractivity contribution in [1.29, 1.82) is 0 Å². The number of ether oxygens (including phenoxy) is 1. The Kier molecular flexibility index (Phi) is 5.64. The average molecular weight is 331 g/mol. The van der Waals surface area contributed by atoms with E-state index in [1.54, 1.807) is 12.1 Å². The average Bonchev–Trinajstić information content (AvgIpc) is 3.44. The van der Waals surface area contributed by atoms with Crippen molar-refractivity contribution in [3.63, 3.8) is 0 Å². The van der Waals surface area contributed by atoms with Gasteiger partial charge in [0.15, 0.2) is 11.5 Å². The molecule has 132 valence electrons. The van der Waals surface area contributed by atoms with Crippen LogP contribution in [0.25, 0.3) is 0 Å². The maximum absolute atomic E-state index is 12.4. The second-order valence-corrected chi connectivity index (χ2v) is 7.46. The molecule has 1 amide bonds. The van der Waals surface area contributed by atoms with Crippen molar-refractivity contribution in [1.82, 2.24) is 5.32 Å². The van der Waals surface area contributed by atoms with Crippen LogP contribution in [0.1, 0.15) is 56.9 Å². The first kappa shape index (κ1) is 17.1. The fraction of sp³-hybridized carbons (Fsp3) is 0.650. The number of phenolic OH excluding ortho intramolecular Hbond substituents is 1. The lowest BCUT2D eigenvalue weighted by Crippen LogP contribution is -2.32. The number of benzene rings is 1. The molecule has 2 saturated carbocycles. The predicted octanol–water partition coefficient (Wildman–Crippen LogP) is 4.01. The van der Waals surface area contributed by atoms with E-state index in [0.717, 1.165) is 30.2 Å². The molecule has 0 aromatic heterocycles. The molecule has 2 fully saturated rings. The van der Waals surface area contributed by atoms with Gasteiger partial charge in [-0.1, -0.05) is 31.7 Å². The molecule has 2 aliphatic carbocycles. The van der Waals surface area contributed by atoms with Gasteiger partial charge >= 0.3 is 0 Å². The Morgan fingerprint density at radius 2 is 1.75 bits per heavy atom. The number of nitrogens with one attached hydrogen (secondary N) is 1. The lowest BCUT2D eigenvalue weighted by molar-refractivity contribution is -0.126. The number of methoxy groups -OCH3 is 1. The third-order valence-corrected chi connectivity index (χ3v) is 5.61. The van der Waals surface area contributed by atoms with Crippen LogP contribution in [0.5, 0.6) is 11.5 Å². The van der Waals surface area contributed by atoms with Crippen molar-refractivity contribution in [2.75, 3.05) is 7.11 Å². The summed E-state index contributed by atoms with van der Waals surface area (Å²) in [6.45, 7) is 0.483. The summed E-state index contributed by atoms with van der Waals surface area (Å²) in [4.78, 5) is 12.4. The Balaban J connectivity index is 1.40. The van der Waals surface area contributed by atoms with E-state index in [4.69, 9.17) is 4.74 Å². The summed E-state index contributed by atoms with van der Waals surface area (Å²) in [7, 11) is 1.53. The number of carbonyl (C=O) groups excluding carboxylic acids is 1. The Morgan fingerprint density at radius 3 is 2.33 bits per heavy atom. The minimum absolute atomic E-state index is 0.122. The second-order valence-electron chi connectivity index (χ2n) is 7.46. The van der Waals surface area contributed by atoms with Crippen LogP contribution in [0, 0.1) is 17.8 Å². The van der Waals surface area contributed by atoms with Crippen molar-refractivity contribution in [3.8, 4) is 11.5 Å². The zero-order chi connectivity index (χ0) is 16.9. The molecule has 2 N–H and O–H groups in total. The van der Waals surface area contributed by atoms with Gasteiger partial charge in [-0.25, -0.2) is 0 Å². The molecular formula is C20H29NO3. The molecule has 0 unspecified atom stereocenters. The molecule has 0 atom stereocenters. The van der Waals surface area contributed by atoms with Crippen LogP contribution in [0.15, 0.2) is 18.2 Å². The largest absolute Gasteiger partial charge is 0.504 e. The normalized spacial score (nSPS) is 23.7. The molecule has 24 heavy (non-hydrogen) atoms. The first-order valence-electron chi connectivity index (χ1n) is 9.29. The molecule has 2 aliphatic rings. The van der Waals surface area contributed by atoms with E-state index in [2.05, 4.69) is 5.32 Å². The number of phenols is 1. The molecule has 0 bridgehead atoms. The lowest BCUT2D eigenvalue weighted by atomic mass is 9.79.